The third kappa shape index (κ3) is 2.27. The van der Waals surface area contributed by atoms with Crippen LogP contribution in [0.5, 0.6) is 0 Å². The van der Waals surface area contributed by atoms with Gasteiger partial charge in [0, 0.05) is 5.57 Å². The van der Waals surface area contributed by atoms with Gasteiger partial charge in [0.25, 0.3) is 0 Å². The fourth-order valence-corrected chi connectivity index (χ4v) is 2.96. The lowest BCUT2D eigenvalue weighted by atomic mass is 9.88. The molecule has 1 aromatic heterocycles. The van der Waals surface area contributed by atoms with Gasteiger partial charge >= 0.3 is 5.97 Å². The molecule has 0 radical (unpaired) electrons. The minimum absolute atomic E-state index is 0.152. The molecule has 21 heavy (non-hydrogen) atoms. The van der Waals surface area contributed by atoms with Crippen molar-refractivity contribution in [2.24, 2.45) is 5.92 Å². The number of ether oxygens (including phenoxy) is 1. The molecule has 0 saturated carbocycles. The largest absolute Gasteiger partial charge is 0.469 e. The standard InChI is InChI=1S/C17H16O4/c1-2-20-17(19)15-14(13-9-6-10-21-13)11-7-4-3-5-8-12(11)16(15)18/h3-7,9-10,14-15H,2,8H2,1H3/t14-,15-/m1/s1. The minimum atomic E-state index is -0.836. The molecule has 3 rings (SSSR count). The van der Waals surface area contributed by atoms with Gasteiger partial charge in [-0.2, -0.15) is 0 Å². The fourth-order valence-electron chi connectivity index (χ4n) is 2.96. The van der Waals surface area contributed by atoms with Crippen molar-refractivity contribution in [1.82, 2.24) is 0 Å². The summed E-state index contributed by atoms with van der Waals surface area (Å²) in [7, 11) is 0. The van der Waals surface area contributed by atoms with Gasteiger partial charge in [0.15, 0.2) is 5.78 Å². The summed E-state index contributed by atoms with van der Waals surface area (Å²) in [6.07, 6.45) is 9.70. The van der Waals surface area contributed by atoms with Crippen molar-refractivity contribution in [3.63, 3.8) is 0 Å². The summed E-state index contributed by atoms with van der Waals surface area (Å²) in [6, 6.07) is 3.56. The van der Waals surface area contributed by atoms with E-state index in [4.69, 9.17) is 9.15 Å². The SMILES string of the molecule is CCOC(=O)[C@H]1C(=O)C2=C(C=CC=CC2)[C@@H]1c1ccco1. The highest BCUT2D eigenvalue weighted by Gasteiger charge is 2.47. The van der Waals surface area contributed by atoms with Crippen molar-refractivity contribution in [2.45, 2.75) is 19.3 Å². The van der Waals surface area contributed by atoms with Crippen LogP contribution >= 0.6 is 0 Å². The second kappa shape index (κ2) is 5.56. The summed E-state index contributed by atoms with van der Waals surface area (Å²) >= 11 is 0. The quantitative estimate of drug-likeness (QED) is 0.632. The Kier molecular flexibility index (Phi) is 3.60. The van der Waals surface area contributed by atoms with Crippen molar-refractivity contribution in [3.05, 3.63) is 59.6 Å². The number of furan rings is 1. The molecule has 4 heteroatoms. The molecular formula is C17H16O4. The maximum atomic E-state index is 12.6. The van der Waals surface area contributed by atoms with E-state index in [1.165, 1.54) is 0 Å². The van der Waals surface area contributed by atoms with Crippen LogP contribution in [0.3, 0.4) is 0 Å². The van der Waals surface area contributed by atoms with Gasteiger partial charge in [0.1, 0.15) is 11.7 Å². The first-order valence-electron chi connectivity index (χ1n) is 7.04. The number of hydrogen-bond donors (Lipinski definition) is 0. The number of carbonyl (C=O) groups is 2. The molecule has 0 unspecified atom stereocenters. The number of carbonyl (C=O) groups excluding carboxylic acids is 2. The molecule has 1 heterocycles. The molecule has 0 N–H and O–H groups in total. The van der Waals surface area contributed by atoms with Gasteiger partial charge in [-0.05, 0) is 31.1 Å². The molecular weight excluding hydrogens is 268 g/mol. The van der Waals surface area contributed by atoms with E-state index in [9.17, 15) is 9.59 Å². The Morgan fingerprint density at radius 3 is 3.00 bits per heavy atom. The number of esters is 1. The average molecular weight is 284 g/mol. The lowest BCUT2D eigenvalue weighted by molar-refractivity contribution is -0.150. The Bertz CT molecular complexity index is 646. The number of ketones is 1. The van der Waals surface area contributed by atoms with Gasteiger partial charge in [-0.25, -0.2) is 0 Å². The number of Topliss-reactive ketones (excluding diaryl/α,β-unsaturated/α-hetero) is 1. The van der Waals surface area contributed by atoms with Gasteiger partial charge in [-0.15, -0.1) is 0 Å². The van der Waals surface area contributed by atoms with E-state index in [1.807, 2.05) is 24.3 Å². The highest BCUT2D eigenvalue weighted by molar-refractivity contribution is 6.13. The van der Waals surface area contributed by atoms with Crippen LogP contribution in [0.4, 0.5) is 0 Å². The van der Waals surface area contributed by atoms with Crippen LogP contribution in [0, 0.1) is 5.92 Å². The lowest BCUT2D eigenvalue weighted by Gasteiger charge is -2.17. The van der Waals surface area contributed by atoms with Crippen molar-refractivity contribution in [2.75, 3.05) is 6.61 Å². The Morgan fingerprint density at radius 2 is 2.29 bits per heavy atom. The molecule has 0 bridgehead atoms. The second-order valence-corrected chi connectivity index (χ2v) is 5.01. The topological polar surface area (TPSA) is 56.5 Å². The van der Waals surface area contributed by atoms with E-state index in [-0.39, 0.29) is 12.4 Å². The molecule has 0 aliphatic heterocycles. The van der Waals surface area contributed by atoms with Crippen molar-refractivity contribution in [3.8, 4) is 0 Å². The highest BCUT2D eigenvalue weighted by atomic mass is 16.5. The molecule has 2 atom stereocenters. The van der Waals surface area contributed by atoms with E-state index in [0.717, 1.165) is 5.57 Å². The van der Waals surface area contributed by atoms with Crippen LogP contribution in [0.1, 0.15) is 25.0 Å². The Hall–Kier alpha value is -2.36. The van der Waals surface area contributed by atoms with Crippen molar-refractivity contribution in [1.29, 1.82) is 0 Å². The van der Waals surface area contributed by atoms with E-state index in [1.54, 1.807) is 25.3 Å². The molecule has 0 spiro atoms. The van der Waals surface area contributed by atoms with E-state index < -0.39 is 17.8 Å². The molecule has 0 aromatic carbocycles. The van der Waals surface area contributed by atoms with Crippen LogP contribution < -0.4 is 0 Å². The summed E-state index contributed by atoms with van der Waals surface area (Å²) in [4.78, 5) is 24.9. The summed E-state index contributed by atoms with van der Waals surface area (Å²) in [5.41, 5.74) is 1.54. The smallest absolute Gasteiger partial charge is 0.317 e. The summed E-state index contributed by atoms with van der Waals surface area (Å²) < 4.78 is 10.6. The summed E-state index contributed by atoms with van der Waals surface area (Å²) in [5.74, 6) is -1.23. The summed E-state index contributed by atoms with van der Waals surface area (Å²) in [6.45, 7) is 1.99. The maximum absolute atomic E-state index is 12.6. The van der Waals surface area contributed by atoms with Gasteiger partial charge in [-0.3, -0.25) is 9.59 Å². The molecule has 1 aromatic rings. The first-order chi connectivity index (χ1) is 10.2. The van der Waals surface area contributed by atoms with Crippen molar-refractivity contribution >= 4 is 11.8 Å². The molecule has 0 amide bonds. The molecule has 0 fully saturated rings. The monoisotopic (exact) mass is 284 g/mol. The van der Waals surface area contributed by atoms with Crippen LogP contribution in [0.25, 0.3) is 0 Å². The zero-order valence-electron chi connectivity index (χ0n) is 11.7. The van der Waals surface area contributed by atoms with Gasteiger partial charge in [0.05, 0.1) is 18.8 Å². The summed E-state index contributed by atoms with van der Waals surface area (Å²) in [5, 5.41) is 0. The fraction of sp³-hybridized carbons (Fsp3) is 0.294. The predicted molar refractivity (Wildman–Crippen MR) is 76.5 cm³/mol. The second-order valence-electron chi connectivity index (χ2n) is 5.01. The molecule has 0 saturated heterocycles. The zero-order valence-corrected chi connectivity index (χ0v) is 11.7. The van der Waals surface area contributed by atoms with Crippen LogP contribution in [-0.2, 0) is 14.3 Å². The van der Waals surface area contributed by atoms with Gasteiger partial charge < -0.3 is 9.15 Å². The maximum Gasteiger partial charge on any atom is 0.317 e. The van der Waals surface area contributed by atoms with Gasteiger partial charge in [0.2, 0.25) is 0 Å². The average Bonchev–Trinajstić information content (AvgIpc) is 2.99. The van der Waals surface area contributed by atoms with E-state index in [2.05, 4.69) is 0 Å². The molecule has 108 valence electrons. The van der Waals surface area contributed by atoms with Crippen LogP contribution in [0.2, 0.25) is 0 Å². The van der Waals surface area contributed by atoms with Crippen molar-refractivity contribution < 1.29 is 18.7 Å². The minimum Gasteiger partial charge on any atom is -0.469 e. The Balaban J connectivity index is 2.06. The molecule has 4 nitrogen and oxygen atoms in total. The number of rotatable bonds is 3. The Labute approximate surface area is 122 Å². The van der Waals surface area contributed by atoms with E-state index >= 15 is 0 Å². The first-order valence-corrected chi connectivity index (χ1v) is 7.04. The normalized spacial score (nSPS) is 24.1. The Morgan fingerprint density at radius 1 is 1.43 bits per heavy atom. The van der Waals surface area contributed by atoms with Gasteiger partial charge in [-0.1, -0.05) is 24.3 Å². The zero-order chi connectivity index (χ0) is 14.8. The molecule has 2 aliphatic rings. The molecule has 2 aliphatic carbocycles. The predicted octanol–water partition coefficient (Wildman–Crippen LogP) is 2.94. The third-order valence-electron chi connectivity index (χ3n) is 3.83. The first kappa shape index (κ1) is 13.6. The van der Waals surface area contributed by atoms with E-state index in [0.29, 0.717) is 17.8 Å². The third-order valence-corrected chi connectivity index (χ3v) is 3.83. The number of hydrogen-bond acceptors (Lipinski definition) is 4. The van der Waals surface area contributed by atoms with Crippen LogP contribution in [0.15, 0.2) is 58.3 Å². The van der Waals surface area contributed by atoms with Crippen LogP contribution in [-0.4, -0.2) is 18.4 Å². The highest BCUT2D eigenvalue weighted by Crippen LogP contribution is 2.45. The number of allylic oxidation sites excluding steroid dienone is 6. The lowest BCUT2D eigenvalue weighted by Crippen LogP contribution is -2.28.